The van der Waals surface area contributed by atoms with Crippen molar-refractivity contribution in [2.24, 2.45) is 0 Å². The zero-order chi connectivity index (χ0) is 22.9. The van der Waals surface area contributed by atoms with E-state index in [2.05, 4.69) is 32.6 Å². The Kier molecular flexibility index (Phi) is 8.66. The molecular weight excluding hydrogens is 417 g/mol. The Morgan fingerprint density at radius 2 is 1.73 bits per heavy atom. The fraction of sp³-hybridized carbons (Fsp3) is 0.407. The number of rotatable bonds is 11. The van der Waals surface area contributed by atoms with Crippen molar-refractivity contribution in [1.29, 1.82) is 0 Å². The second kappa shape index (κ2) is 12.1. The van der Waals surface area contributed by atoms with E-state index >= 15 is 0 Å². The van der Waals surface area contributed by atoms with Crippen molar-refractivity contribution in [1.82, 2.24) is 14.4 Å². The Morgan fingerprint density at radius 1 is 0.970 bits per heavy atom. The minimum atomic E-state index is -0.452. The molecule has 176 valence electrons. The fourth-order valence-electron chi connectivity index (χ4n) is 4.38. The maximum absolute atomic E-state index is 14.2. The van der Waals surface area contributed by atoms with Gasteiger partial charge in [0.25, 0.3) is 0 Å². The van der Waals surface area contributed by atoms with Crippen LogP contribution in [0.5, 0.6) is 0 Å². The van der Waals surface area contributed by atoms with Crippen molar-refractivity contribution >= 4 is 0 Å². The lowest BCUT2D eigenvalue weighted by molar-refractivity contribution is 0.0290. The number of benzene rings is 2. The third-order valence-electron chi connectivity index (χ3n) is 6.23. The first kappa shape index (κ1) is 23.6. The van der Waals surface area contributed by atoms with Gasteiger partial charge in [-0.1, -0.05) is 48.5 Å². The lowest BCUT2D eigenvalue weighted by atomic mass is 10.1. The van der Waals surface area contributed by atoms with Gasteiger partial charge in [-0.05, 0) is 30.2 Å². The Morgan fingerprint density at radius 3 is 2.52 bits per heavy atom. The van der Waals surface area contributed by atoms with E-state index < -0.39 is 6.10 Å². The van der Waals surface area contributed by atoms with E-state index in [1.54, 1.807) is 6.07 Å². The Balaban J connectivity index is 1.42. The molecule has 0 aliphatic carbocycles. The number of aliphatic hydroxyl groups is 1. The summed E-state index contributed by atoms with van der Waals surface area (Å²) in [5.41, 5.74) is 2.94. The molecule has 4 rings (SSSR count). The normalized spacial score (nSPS) is 15.7. The van der Waals surface area contributed by atoms with Crippen LogP contribution in [0.2, 0.25) is 0 Å². The molecule has 0 radical (unpaired) electrons. The molecule has 3 aromatic rings. The molecule has 1 aromatic heterocycles. The van der Waals surface area contributed by atoms with Crippen molar-refractivity contribution in [3.05, 3.63) is 95.6 Å². The van der Waals surface area contributed by atoms with E-state index in [4.69, 9.17) is 4.74 Å². The highest BCUT2D eigenvalue weighted by molar-refractivity contribution is 5.20. The molecule has 1 unspecified atom stereocenters. The van der Waals surface area contributed by atoms with Gasteiger partial charge in [-0.25, -0.2) is 4.39 Å². The summed E-state index contributed by atoms with van der Waals surface area (Å²) in [4.78, 5) is 4.73. The summed E-state index contributed by atoms with van der Waals surface area (Å²) in [6, 6.07) is 21.2. The first-order valence-corrected chi connectivity index (χ1v) is 11.8. The average molecular weight is 452 g/mol. The topological polar surface area (TPSA) is 40.9 Å². The molecule has 5 nitrogen and oxygen atoms in total. The summed E-state index contributed by atoms with van der Waals surface area (Å²) in [6.07, 6.45) is 2.18. The lowest BCUT2D eigenvalue weighted by Crippen LogP contribution is -2.43. The van der Waals surface area contributed by atoms with Gasteiger partial charge in [-0.15, -0.1) is 0 Å². The monoisotopic (exact) mass is 451 g/mol. The number of aliphatic hydroxyl groups excluding tert-OH is 1. The van der Waals surface area contributed by atoms with Gasteiger partial charge in [0.1, 0.15) is 5.82 Å². The van der Waals surface area contributed by atoms with Gasteiger partial charge in [0.15, 0.2) is 0 Å². The van der Waals surface area contributed by atoms with Gasteiger partial charge in [0.05, 0.1) is 25.9 Å². The van der Waals surface area contributed by atoms with Crippen LogP contribution in [0.25, 0.3) is 0 Å². The maximum Gasteiger partial charge on any atom is 0.128 e. The van der Waals surface area contributed by atoms with Crippen LogP contribution >= 0.6 is 0 Å². The standard InChI is InChI=1S/C27H34FN3O2/c28-27-11-5-4-9-24(27)20-31-12-6-10-25(31)21-30(14-13-29-15-17-33-18-16-29)22-26(32)19-23-7-2-1-3-8-23/h1-12,26,32H,13-22H2. The van der Waals surface area contributed by atoms with Gasteiger partial charge in [-0.3, -0.25) is 9.80 Å². The molecule has 33 heavy (non-hydrogen) atoms. The Hall–Kier alpha value is -2.51. The van der Waals surface area contributed by atoms with E-state index in [1.807, 2.05) is 42.6 Å². The van der Waals surface area contributed by atoms with Crippen molar-refractivity contribution in [3.63, 3.8) is 0 Å². The van der Waals surface area contributed by atoms with Crippen molar-refractivity contribution in [2.75, 3.05) is 45.9 Å². The van der Waals surface area contributed by atoms with Crippen molar-refractivity contribution < 1.29 is 14.2 Å². The van der Waals surface area contributed by atoms with Gasteiger partial charge < -0.3 is 14.4 Å². The predicted molar refractivity (Wildman–Crippen MR) is 129 cm³/mol. The first-order valence-electron chi connectivity index (χ1n) is 11.8. The van der Waals surface area contributed by atoms with Crippen LogP contribution in [0.4, 0.5) is 4.39 Å². The molecular formula is C27H34FN3O2. The smallest absolute Gasteiger partial charge is 0.128 e. The molecule has 2 heterocycles. The maximum atomic E-state index is 14.2. The van der Waals surface area contributed by atoms with Crippen molar-refractivity contribution in [2.45, 2.75) is 25.6 Å². The van der Waals surface area contributed by atoms with E-state index in [-0.39, 0.29) is 5.82 Å². The minimum absolute atomic E-state index is 0.181. The van der Waals surface area contributed by atoms with Gasteiger partial charge in [-0.2, -0.15) is 0 Å². The van der Waals surface area contributed by atoms with Crippen LogP contribution in [-0.4, -0.2) is 71.5 Å². The third-order valence-corrected chi connectivity index (χ3v) is 6.23. The second-order valence-electron chi connectivity index (χ2n) is 8.75. The summed E-state index contributed by atoms with van der Waals surface area (Å²) in [5.74, 6) is -0.181. The van der Waals surface area contributed by atoms with Crippen LogP contribution in [0, 0.1) is 5.82 Å². The van der Waals surface area contributed by atoms with Crippen LogP contribution in [0.1, 0.15) is 16.8 Å². The van der Waals surface area contributed by atoms with Gasteiger partial charge >= 0.3 is 0 Å². The SMILES string of the molecule is OC(Cc1ccccc1)CN(CCN1CCOCC1)Cc1cccn1Cc1ccccc1F. The summed E-state index contributed by atoms with van der Waals surface area (Å²) in [7, 11) is 0. The first-order chi connectivity index (χ1) is 16.2. The molecule has 1 aliphatic heterocycles. The number of aromatic nitrogens is 1. The molecule has 1 N–H and O–H groups in total. The van der Waals surface area contributed by atoms with E-state index in [0.29, 0.717) is 31.6 Å². The lowest BCUT2D eigenvalue weighted by Gasteiger charge is -2.31. The Labute approximate surface area is 196 Å². The molecule has 1 fully saturated rings. The molecule has 2 aromatic carbocycles. The summed E-state index contributed by atoms with van der Waals surface area (Å²) in [5, 5.41) is 10.8. The molecule has 1 saturated heterocycles. The average Bonchev–Trinajstić information content (AvgIpc) is 3.26. The van der Waals surface area contributed by atoms with Crippen LogP contribution in [0.3, 0.4) is 0 Å². The number of morpholine rings is 1. The van der Waals surface area contributed by atoms with Crippen molar-refractivity contribution in [3.8, 4) is 0 Å². The highest BCUT2D eigenvalue weighted by Gasteiger charge is 2.17. The summed E-state index contributed by atoms with van der Waals surface area (Å²) in [6.45, 7) is 7.05. The number of ether oxygens (including phenoxy) is 1. The third kappa shape index (κ3) is 7.24. The quantitative estimate of drug-likeness (QED) is 0.485. The van der Waals surface area contributed by atoms with Crippen LogP contribution in [0.15, 0.2) is 72.9 Å². The summed E-state index contributed by atoms with van der Waals surface area (Å²) < 4.78 is 21.8. The van der Waals surface area contributed by atoms with Crippen LogP contribution < -0.4 is 0 Å². The molecule has 0 amide bonds. The van der Waals surface area contributed by atoms with Gasteiger partial charge in [0.2, 0.25) is 0 Å². The number of nitrogens with zero attached hydrogens (tertiary/aromatic N) is 3. The molecule has 0 saturated carbocycles. The van der Waals surface area contributed by atoms with Crippen LogP contribution in [-0.2, 0) is 24.2 Å². The van der Waals surface area contributed by atoms with E-state index in [9.17, 15) is 9.50 Å². The molecule has 0 spiro atoms. The molecule has 0 bridgehead atoms. The summed E-state index contributed by atoms with van der Waals surface area (Å²) >= 11 is 0. The predicted octanol–water partition coefficient (Wildman–Crippen LogP) is 3.41. The molecule has 6 heteroatoms. The zero-order valence-electron chi connectivity index (χ0n) is 19.2. The van der Waals surface area contributed by atoms with Gasteiger partial charge in [0, 0.05) is 56.7 Å². The number of hydrogen-bond acceptors (Lipinski definition) is 4. The highest BCUT2D eigenvalue weighted by Crippen LogP contribution is 2.14. The van der Waals surface area contributed by atoms with E-state index in [0.717, 1.165) is 50.7 Å². The minimum Gasteiger partial charge on any atom is -0.391 e. The second-order valence-corrected chi connectivity index (χ2v) is 8.75. The largest absolute Gasteiger partial charge is 0.391 e. The number of halogens is 1. The fourth-order valence-corrected chi connectivity index (χ4v) is 4.38. The highest BCUT2D eigenvalue weighted by atomic mass is 19.1. The zero-order valence-corrected chi connectivity index (χ0v) is 19.2. The molecule has 1 aliphatic rings. The molecule has 1 atom stereocenters. The van der Waals surface area contributed by atoms with E-state index in [1.165, 1.54) is 6.07 Å². The Bertz CT molecular complexity index is 972. The number of hydrogen-bond donors (Lipinski definition) is 1.